The number of carbonyl (C=O) groups is 1. The molecular weight excluding hydrogens is 354 g/mol. The summed E-state index contributed by atoms with van der Waals surface area (Å²) in [6.45, 7) is 0. The van der Waals surface area contributed by atoms with Gasteiger partial charge in [0, 0.05) is 13.9 Å². The summed E-state index contributed by atoms with van der Waals surface area (Å²) < 4.78 is 3.14. The summed E-state index contributed by atoms with van der Waals surface area (Å²) in [6.07, 6.45) is 0. The van der Waals surface area contributed by atoms with Crippen LogP contribution >= 0.6 is 38.6 Å². The third-order valence-corrected chi connectivity index (χ3v) is 5.61. The summed E-state index contributed by atoms with van der Waals surface area (Å²) >= 11 is 6.42. The first-order valence-corrected chi connectivity index (χ1v) is 8.34. The Hall–Kier alpha value is -1.48. The summed E-state index contributed by atoms with van der Waals surface area (Å²) in [7, 11) is 0. The second kappa shape index (κ2) is 5.49. The van der Waals surface area contributed by atoms with Gasteiger partial charge in [-0.1, -0.05) is 28.1 Å². The van der Waals surface area contributed by atoms with E-state index >= 15 is 0 Å². The lowest BCUT2D eigenvalue weighted by atomic mass is 9.95. The number of thiophene rings is 2. The summed E-state index contributed by atoms with van der Waals surface area (Å²) in [5.74, 6) is -0.862. The predicted molar refractivity (Wildman–Crippen MR) is 86.5 cm³/mol. The molecule has 0 aliphatic rings. The van der Waals surface area contributed by atoms with E-state index in [1.165, 1.54) is 11.3 Å². The first kappa shape index (κ1) is 13.5. The second-order valence-electron chi connectivity index (χ2n) is 4.24. The number of halogens is 1. The molecule has 0 N–H and O–H groups in total. The van der Waals surface area contributed by atoms with Crippen LogP contribution in [0.5, 0.6) is 0 Å². The fraction of sp³-hybridized carbons (Fsp3) is 0.0667. The molecule has 0 bridgehead atoms. The molecule has 20 heavy (non-hydrogen) atoms. The van der Waals surface area contributed by atoms with Gasteiger partial charge in [-0.25, -0.2) is 0 Å². The van der Waals surface area contributed by atoms with Gasteiger partial charge >= 0.3 is 0 Å². The Kier molecular flexibility index (Phi) is 3.70. The fourth-order valence-electron chi connectivity index (χ4n) is 1.97. The zero-order chi connectivity index (χ0) is 14.1. The van der Waals surface area contributed by atoms with E-state index in [2.05, 4.69) is 22.0 Å². The molecule has 0 fully saturated rings. The SMILES string of the molecule is N#CC(C(=O)c1cc2sccc2s1)c1ccc(Br)cc1. The van der Waals surface area contributed by atoms with E-state index in [9.17, 15) is 10.1 Å². The smallest absolute Gasteiger partial charge is 0.194 e. The van der Waals surface area contributed by atoms with Crippen LogP contribution in [0.1, 0.15) is 21.2 Å². The van der Waals surface area contributed by atoms with Gasteiger partial charge in [-0.2, -0.15) is 5.26 Å². The number of ketones is 1. The lowest BCUT2D eigenvalue weighted by Crippen LogP contribution is -2.09. The molecule has 98 valence electrons. The van der Waals surface area contributed by atoms with E-state index in [0.29, 0.717) is 4.88 Å². The van der Waals surface area contributed by atoms with Crippen molar-refractivity contribution in [1.82, 2.24) is 0 Å². The Morgan fingerprint density at radius 3 is 2.60 bits per heavy atom. The highest BCUT2D eigenvalue weighted by molar-refractivity contribution is 9.10. The average Bonchev–Trinajstić information content (AvgIpc) is 3.02. The molecule has 2 aromatic heterocycles. The number of carbonyl (C=O) groups excluding carboxylic acids is 1. The molecule has 1 aromatic carbocycles. The molecule has 3 aromatic rings. The third-order valence-electron chi connectivity index (χ3n) is 2.98. The fourth-order valence-corrected chi connectivity index (χ4v) is 4.31. The summed E-state index contributed by atoms with van der Waals surface area (Å²) in [6, 6.07) is 13.3. The van der Waals surface area contributed by atoms with E-state index in [1.54, 1.807) is 11.3 Å². The molecule has 0 aliphatic carbocycles. The van der Waals surface area contributed by atoms with Gasteiger partial charge in [0.1, 0.15) is 5.92 Å². The first-order chi connectivity index (χ1) is 9.69. The molecule has 5 heteroatoms. The molecule has 0 saturated carbocycles. The van der Waals surface area contributed by atoms with E-state index in [1.807, 2.05) is 41.8 Å². The van der Waals surface area contributed by atoms with Crippen LogP contribution in [0.25, 0.3) is 9.40 Å². The highest BCUT2D eigenvalue weighted by Crippen LogP contribution is 2.33. The lowest BCUT2D eigenvalue weighted by molar-refractivity contribution is 0.0983. The Labute approximate surface area is 132 Å². The van der Waals surface area contributed by atoms with Crippen LogP contribution < -0.4 is 0 Å². The predicted octanol–water partition coefficient (Wildman–Crippen LogP) is 5.22. The normalized spacial score (nSPS) is 12.2. The number of Topliss-reactive ketones (excluding diaryl/α,β-unsaturated/α-hetero) is 1. The van der Waals surface area contributed by atoms with E-state index in [4.69, 9.17) is 0 Å². The van der Waals surface area contributed by atoms with Crippen molar-refractivity contribution in [1.29, 1.82) is 5.26 Å². The molecule has 2 nitrogen and oxygen atoms in total. The number of hydrogen-bond acceptors (Lipinski definition) is 4. The van der Waals surface area contributed by atoms with Crippen molar-refractivity contribution >= 4 is 53.8 Å². The van der Waals surface area contributed by atoms with Gasteiger partial charge < -0.3 is 0 Å². The summed E-state index contributed by atoms with van der Waals surface area (Å²) in [5, 5.41) is 11.3. The largest absolute Gasteiger partial charge is 0.291 e. The van der Waals surface area contributed by atoms with Crippen LogP contribution in [0, 0.1) is 11.3 Å². The highest BCUT2D eigenvalue weighted by atomic mass is 79.9. The van der Waals surface area contributed by atoms with Crippen molar-refractivity contribution in [2.75, 3.05) is 0 Å². The number of fused-ring (bicyclic) bond motifs is 1. The monoisotopic (exact) mass is 361 g/mol. The molecule has 0 spiro atoms. The van der Waals surface area contributed by atoms with Crippen LogP contribution in [0.15, 0.2) is 46.3 Å². The minimum atomic E-state index is -0.740. The average molecular weight is 362 g/mol. The Bertz CT molecular complexity index is 782. The Morgan fingerprint density at radius 2 is 1.95 bits per heavy atom. The van der Waals surface area contributed by atoms with E-state index in [-0.39, 0.29) is 5.78 Å². The molecule has 3 rings (SSSR count). The van der Waals surface area contributed by atoms with Gasteiger partial charge in [-0.3, -0.25) is 4.79 Å². The minimum Gasteiger partial charge on any atom is -0.291 e. The molecular formula is C15H8BrNOS2. The zero-order valence-electron chi connectivity index (χ0n) is 10.2. The molecule has 1 unspecified atom stereocenters. The van der Waals surface area contributed by atoms with Crippen molar-refractivity contribution in [3.05, 3.63) is 56.7 Å². The van der Waals surface area contributed by atoms with Crippen LogP contribution in [-0.4, -0.2) is 5.78 Å². The van der Waals surface area contributed by atoms with Crippen molar-refractivity contribution < 1.29 is 4.79 Å². The van der Waals surface area contributed by atoms with Gasteiger partial charge in [0.05, 0.1) is 10.9 Å². The number of benzene rings is 1. The molecule has 0 radical (unpaired) electrons. The summed E-state index contributed by atoms with van der Waals surface area (Å²) in [4.78, 5) is 13.2. The van der Waals surface area contributed by atoms with Crippen molar-refractivity contribution in [2.24, 2.45) is 0 Å². The number of rotatable bonds is 3. The van der Waals surface area contributed by atoms with Crippen LogP contribution in [0.4, 0.5) is 0 Å². The summed E-state index contributed by atoms with van der Waals surface area (Å²) in [5.41, 5.74) is 0.734. The topological polar surface area (TPSA) is 40.9 Å². The lowest BCUT2D eigenvalue weighted by Gasteiger charge is -2.07. The molecule has 1 atom stereocenters. The van der Waals surface area contributed by atoms with Crippen molar-refractivity contribution in [3.8, 4) is 6.07 Å². The zero-order valence-corrected chi connectivity index (χ0v) is 13.4. The molecule has 0 saturated heterocycles. The third kappa shape index (κ3) is 2.42. The van der Waals surface area contributed by atoms with Crippen LogP contribution in [0.3, 0.4) is 0 Å². The van der Waals surface area contributed by atoms with Gasteiger partial charge in [-0.05, 0) is 35.2 Å². The van der Waals surface area contributed by atoms with E-state index in [0.717, 1.165) is 19.4 Å². The van der Waals surface area contributed by atoms with Gasteiger partial charge in [0.25, 0.3) is 0 Å². The maximum absolute atomic E-state index is 12.5. The Balaban J connectivity index is 1.97. The Morgan fingerprint density at radius 1 is 1.20 bits per heavy atom. The molecule has 0 aliphatic heterocycles. The van der Waals surface area contributed by atoms with Crippen LogP contribution in [0.2, 0.25) is 0 Å². The van der Waals surface area contributed by atoms with Crippen molar-refractivity contribution in [2.45, 2.75) is 5.92 Å². The first-order valence-electron chi connectivity index (χ1n) is 5.85. The van der Waals surface area contributed by atoms with Gasteiger partial charge in [0.15, 0.2) is 5.78 Å². The number of nitriles is 1. The van der Waals surface area contributed by atoms with Crippen molar-refractivity contribution in [3.63, 3.8) is 0 Å². The van der Waals surface area contributed by atoms with E-state index < -0.39 is 5.92 Å². The second-order valence-corrected chi connectivity index (χ2v) is 7.18. The van der Waals surface area contributed by atoms with Crippen LogP contribution in [-0.2, 0) is 0 Å². The number of nitrogens with zero attached hydrogens (tertiary/aromatic N) is 1. The quantitative estimate of drug-likeness (QED) is 0.600. The standard InChI is InChI=1S/C15H8BrNOS2/c16-10-3-1-9(2-4-10)11(8-17)15(18)14-7-13-12(20-14)5-6-19-13/h1-7,11H. The minimum absolute atomic E-state index is 0.122. The van der Waals surface area contributed by atoms with Gasteiger partial charge in [-0.15, -0.1) is 22.7 Å². The maximum atomic E-state index is 12.5. The highest BCUT2D eigenvalue weighted by Gasteiger charge is 2.23. The molecule has 0 amide bonds. The molecule has 2 heterocycles. The number of hydrogen-bond donors (Lipinski definition) is 0. The maximum Gasteiger partial charge on any atom is 0.194 e. The van der Waals surface area contributed by atoms with Gasteiger partial charge in [0.2, 0.25) is 0 Å².